The van der Waals surface area contributed by atoms with Gasteiger partial charge in [-0.25, -0.2) is 9.59 Å². The van der Waals surface area contributed by atoms with Gasteiger partial charge in [0.1, 0.15) is 6.04 Å². The van der Waals surface area contributed by atoms with E-state index in [4.69, 9.17) is 5.11 Å². The molecular weight excluding hydrogens is 266 g/mol. The second kappa shape index (κ2) is 7.09. The molecule has 0 aromatic heterocycles. The van der Waals surface area contributed by atoms with Crippen LogP contribution in [0, 0.1) is 5.92 Å². The van der Waals surface area contributed by atoms with E-state index in [-0.39, 0.29) is 25.4 Å². The molecule has 20 heavy (non-hydrogen) atoms. The Morgan fingerprint density at radius 2 is 1.95 bits per heavy atom. The Labute approximate surface area is 117 Å². The Morgan fingerprint density at radius 1 is 1.30 bits per heavy atom. The quantitative estimate of drug-likeness (QED) is 0.516. The lowest BCUT2D eigenvalue weighted by molar-refractivity contribution is -0.141. The monoisotopic (exact) mass is 287 g/mol. The molecule has 0 bridgehead atoms. The first-order valence-electron chi connectivity index (χ1n) is 6.53. The number of carboxylic acid groups (broad SMARTS) is 1. The van der Waals surface area contributed by atoms with Gasteiger partial charge in [-0.3, -0.25) is 4.79 Å². The number of aliphatic hydroxyl groups is 1. The van der Waals surface area contributed by atoms with Crippen molar-refractivity contribution in [1.82, 2.24) is 15.5 Å². The number of hydrogen-bond acceptors (Lipinski definition) is 4. The molecule has 4 N–H and O–H groups in total. The van der Waals surface area contributed by atoms with Crippen LogP contribution in [0.5, 0.6) is 0 Å². The first-order chi connectivity index (χ1) is 9.31. The summed E-state index contributed by atoms with van der Waals surface area (Å²) < 4.78 is 0. The fourth-order valence-corrected chi connectivity index (χ4v) is 1.91. The van der Waals surface area contributed by atoms with Crippen molar-refractivity contribution >= 4 is 17.9 Å². The molecule has 8 nitrogen and oxygen atoms in total. The van der Waals surface area contributed by atoms with Gasteiger partial charge in [0.05, 0.1) is 12.6 Å². The maximum atomic E-state index is 11.8. The van der Waals surface area contributed by atoms with Crippen molar-refractivity contribution in [3.63, 3.8) is 0 Å². The van der Waals surface area contributed by atoms with Crippen molar-refractivity contribution in [1.29, 1.82) is 0 Å². The Hall–Kier alpha value is -1.83. The Morgan fingerprint density at radius 3 is 2.50 bits per heavy atom. The molecule has 0 saturated carbocycles. The molecule has 0 aromatic rings. The second-order valence-electron chi connectivity index (χ2n) is 5.25. The summed E-state index contributed by atoms with van der Waals surface area (Å²) in [7, 11) is 0. The summed E-state index contributed by atoms with van der Waals surface area (Å²) >= 11 is 0. The molecule has 1 aliphatic rings. The molecule has 8 heteroatoms. The highest BCUT2D eigenvalue weighted by Gasteiger charge is 2.38. The van der Waals surface area contributed by atoms with Gasteiger partial charge >= 0.3 is 12.0 Å². The summed E-state index contributed by atoms with van der Waals surface area (Å²) in [6, 6.07) is -1.71. The molecule has 2 atom stereocenters. The van der Waals surface area contributed by atoms with E-state index in [2.05, 4.69) is 10.6 Å². The molecule has 1 aliphatic heterocycles. The minimum absolute atomic E-state index is 0.00228. The van der Waals surface area contributed by atoms with E-state index in [1.807, 2.05) is 13.8 Å². The molecule has 0 spiro atoms. The molecule has 1 saturated heterocycles. The largest absolute Gasteiger partial charge is 0.480 e. The predicted octanol–water partition coefficient (Wildman–Crippen LogP) is -1.01. The summed E-state index contributed by atoms with van der Waals surface area (Å²) in [5.74, 6) is -1.19. The van der Waals surface area contributed by atoms with Gasteiger partial charge in [0, 0.05) is 19.5 Å². The lowest BCUT2D eigenvalue weighted by Gasteiger charge is -2.21. The Bertz CT molecular complexity index is 385. The summed E-state index contributed by atoms with van der Waals surface area (Å²) in [6.45, 7) is 4.14. The number of nitrogens with one attached hydrogen (secondary N) is 2. The number of hydrogen-bond donors (Lipinski definition) is 4. The van der Waals surface area contributed by atoms with Gasteiger partial charge in [0.2, 0.25) is 5.91 Å². The number of carbonyl (C=O) groups excluding carboxylic acids is 2. The zero-order valence-corrected chi connectivity index (χ0v) is 11.6. The first-order valence-corrected chi connectivity index (χ1v) is 6.53. The molecule has 0 aromatic carbocycles. The smallest absolute Gasteiger partial charge is 0.326 e. The van der Waals surface area contributed by atoms with Crippen LogP contribution in [0.15, 0.2) is 0 Å². The summed E-state index contributed by atoms with van der Waals surface area (Å²) in [5, 5.41) is 23.4. The number of likely N-dealkylation sites (tertiary alicyclic amines) is 1. The van der Waals surface area contributed by atoms with Crippen molar-refractivity contribution in [3.05, 3.63) is 0 Å². The normalized spacial score (nSPS) is 21.9. The molecule has 1 fully saturated rings. The molecule has 1 rings (SSSR count). The Kier molecular flexibility index (Phi) is 5.75. The maximum absolute atomic E-state index is 11.8. The van der Waals surface area contributed by atoms with Crippen LogP contribution in [0.1, 0.15) is 20.3 Å². The van der Waals surface area contributed by atoms with Gasteiger partial charge in [0.15, 0.2) is 0 Å². The van der Waals surface area contributed by atoms with Crippen LogP contribution < -0.4 is 10.6 Å². The molecule has 1 unspecified atom stereocenters. The zero-order chi connectivity index (χ0) is 15.3. The van der Waals surface area contributed by atoms with Gasteiger partial charge in [-0.15, -0.1) is 0 Å². The molecule has 1 heterocycles. The molecule has 0 radical (unpaired) electrons. The fourth-order valence-electron chi connectivity index (χ4n) is 1.91. The van der Waals surface area contributed by atoms with Crippen LogP contribution in [0.2, 0.25) is 0 Å². The second-order valence-corrected chi connectivity index (χ2v) is 5.25. The molecule has 3 amide bonds. The molecule has 114 valence electrons. The van der Waals surface area contributed by atoms with E-state index in [0.29, 0.717) is 12.5 Å². The number of aliphatic carboxylic acids is 1. The highest BCUT2D eigenvalue weighted by Crippen LogP contribution is 2.17. The number of urea groups is 1. The van der Waals surface area contributed by atoms with Crippen LogP contribution in [0.4, 0.5) is 4.79 Å². The van der Waals surface area contributed by atoms with E-state index in [0.717, 1.165) is 4.90 Å². The summed E-state index contributed by atoms with van der Waals surface area (Å²) in [6.07, 6.45) is -0.848. The van der Waals surface area contributed by atoms with Crippen molar-refractivity contribution in [2.75, 3.05) is 19.6 Å². The van der Waals surface area contributed by atoms with Gasteiger partial charge in [0.25, 0.3) is 0 Å². The van der Waals surface area contributed by atoms with Crippen LogP contribution in [0.3, 0.4) is 0 Å². The molecule has 0 aliphatic carbocycles. The number of β-amino-alcohol motifs (C(OH)–C–C–N with tert-alkyl or cyclic N) is 1. The van der Waals surface area contributed by atoms with Crippen LogP contribution in [-0.2, 0) is 9.59 Å². The minimum Gasteiger partial charge on any atom is -0.480 e. The number of carbonyl (C=O) groups is 3. The Balaban J connectivity index is 2.42. The van der Waals surface area contributed by atoms with E-state index in [1.165, 1.54) is 0 Å². The van der Waals surface area contributed by atoms with Crippen LogP contribution in [0.25, 0.3) is 0 Å². The highest BCUT2D eigenvalue weighted by molar-refractivity contribution is 5.87. The van der Waals surface area contributed by atoms with Gasteiger partial charge in [-0.05, 0) is 5.92 Å². The third-order valence-electron chi connectivity index (χ3n) is 2.93. The minimum atomic E-state index is -1.17. The van der Waals surface area contributed by atoms with E-state index < -0.39 is 24.1 Å². The average molecular weight is 287 g/mol. The molecular formula is C12H21N3O5. The number of amides is 3. The van der Waals surface area contributed by atoms with Gasteiger partial charge < -0.3 is 25.7 Å². The topological polar surface area (TPSA) is 119 Å². The first kappa shape index (κ1) is 16.2. The van der Waals surface area contributed by atoms with Crippen molar-refractivity contribution < 1.29 is 24.6 Å². The van der Waals surface area contributed by atoms with Crippen LogP contribution in [-0.4, -0.2) is 64.8 Å². The summed E-state index contributed by atoms with van der Waals surface area (Å²) in [5.41, 5.74) is 0. The van der Waals surface area contributed by atoms with Gasteiger partial charge in [-0.1, -0.05) is 13.8 Å². The summed E-state index contributed by atoms with van der Waals surface area (Å²) in [4.78, 5) is 35.2. The van der Waals surface area contributed by atoms with E-state index in [1.54, 1.807) is 0 Å². The number of rotatable bonds is 5. The lowest BCUT2D eigenvalue weighted by atomic mass is 10.2. The number of aliphatic hydroxyl groups excluding tert-OH is 1. The third-order valence-corrected chi connectivity index (χ3v) is 2.93. The maximum Gasteiger partial charge on any atom is 0.326 e. The van der Waals surface area contributed by atoms with Crippen molar-refractivity contribution in [2.45, 2.75) is 32.4 Å². The standard InChI is InChI=1S/C12H21N3O5/c1-7(2)4-13-10(17)5-14-12(20)15-6-8(16)3-9(15)11(18)19/h7-9,16H,3-6H2,1-2H3,(H,13,17)(H,14,20)(H,18,19)/t8?,9-/m0/s1. The lowest BCUT2D eigenvalue weighted by Crippen LogP contribution is -2.48. The third kappa shape index (κ3) is 4.69. The van der Waals surface area contributed by atoms with Gasteiger partial charge in [-0.2, -0.15) is 0 Å². The zero-order valence-electron chi connectivity index (χ0n) is 11.6. The number of carboxylic acids is 1. The number of nitrogens with zero attached hydrogens (tertiary/aromatic N) is 1. The highest BCUT2D eigenvalue weighted by atomic mass is 16.4. The average Bonchev–Trinajstić information content (AvgIpc) is 2.75. The fraction of sp³-hybridized carbons (Fsp3) is 0.750. The van der Waals surface area contributed by atoms with Crippen molar-refractivity contribution in [3.8, 4) is 0 Å². The SMILES string of the molecule is CC(C)CNC(=O)CNC(=O)N1CC(O)C[C@H]1C(=O)O. The van der Waals surface area contributed by atoms with E-state index >= 15 is 0 Å². The predicted molar refractivity (Wildman–Crippen MR) is 70.0 cm³/mol. The van der Waals surface area contributed by atoms with Crippen molar-refractivity contribution in [2.24, 2.45) is 5.92 Å². The van der Waals surface area contributed by atoms with E-state index in [9.17, 15) is 19.5 Å². The van der Waals surface area contributed by atoms with Crippen LogP contribution >= 0.6 is 0 Å².